The number of methoxy groups -OCH3 is 2. The molecule has 0 spiro atoms. The molecule has 0 saturated heterocycles. The summed E-state index contributed by atoms with van der Waals surface area (Å²) in [4.78, 5) is 13.2. The zero-order chi connectivity index (χ0) is 14.2. The molecule has 18 heavy (non-hydrogen) atoms. The number of amides is 1. The van der Waals surface area contributed by atoms with Crippen molar-refractivity contribution in [1.82, 2.24) is 10.2 Å². The third-order valence-electron chi connectivity index (χ3n) is 2.57. The van der Waals surface area contributed by atoms with Gasteiger partial charge in [-0.15, -0.1) is 6.58 Å². The van der Waals surface area contributed by atoms with Gasteiger partial charge in [-0.25, -0.2) is 0 Å². The van der Waals surface area contributed by atoms with Crippen molar-refractivity contribution in [3.63, 3.8) is 0 Å². The van der Waals surface area contributed by atoms with Crippen LogP contribution < -0.4 is 5.32 Å². The fourth-order valence-electron chi connectivity index (χ4n) is 1.20. The van der Waals surface area contributed by atoms with Crippen molar-refractivity contribution in [2.45, 2.75) is 18.8 Å². The first kappa shape index (κ1) is 17.1. The van der Waals surface area contributed by atoms with E-state index in [1.807, 2.05) is 0 Å². The molecule has 6 heteroatoms. The molecule has 0 radical (unpaired) electrons. The Balaban J connectivity index is 3.98. The van der Waals surface area contributed by atoms with Gasteiger partial charge in [0.1, 0.15) is 0 Å². The summed E-state index contributed by atoms with van der Waals surface area (Å²) < 4.78 is 10.0. The Hall–Kier alpha value is -0.950. The van der Waals surface area contributed by atoms with E-state index < -0.39 is 11.9 Å². The van der Waals surface area contributed by atoms with Crippen molar-refractivity contribution in [2.24, 2.45) is 0 Å². The van der Waals surface area contributed by atoms with E-state index >= 15 is 0 Å². The summed E-state index contributed by atoms with van der Waals surface area (Å²) in [6.07, 6.45) is 0.996. The number of hydrogen-bond donors (Lipinski definition) is 2. The molecule has 0 aromatic heterocycles. The molecule has 1 unspecified atom stereocenters. The third-order valence-corrected chi connectivity index (χ3v) is 2.57. The summed E-state index contributed by atoms with van der Waals surface area (Å²) in [5.74, 6) is -0.103. The Morgan fingerprint density at radius 1 is 1.56 bits per heavy atom. The van der Waals surface area contributed by atoms with Crippen LogP contribution in [0.4, 0.5) is 0 Å². The first-order valence-corrected chi connectivity index (χ1v) is 5.72. The minimum Gasteiger partial charge on any atom is -0.385 e. The van der Waals surface area contributed by atoms with Crippen LogP contribution in [-0.2, 0) is 14.3 Å². The van der Waals surface area contributed by atoms with Gasteiger partial charge in [0.2, 0.25) is 5.91 Å². The second-order valence-electron chi connectivity index (χ2n) is 4.34. The Labute approximate surface area is 109 Å². The van der Waals surface area contributed by atoms with Gasteiger partial charge in [0.05, 0.1) is 18.7 Å². The van der Waals surface area contributed by atoms with Crippen LogP contribution in [0.1, 0.15) is 6.92 Å². The van der Waals surface area contributed by atoms with Gasteiger partial charge < -0.3 is 24.8 Å². The van der Waals surface area contributed by atoms with E-state index in [4.69, 9.17) is 9.47 Å². The molecule has 0 aliphatic rings. The second kappa shape index (κ2) is 8.20. The largest absolute Gasteiger partial charge is 0.385 e. The quantitative estimate of drug-likeness (QED) is 0.436. The zero-order valence-corrected chi connectivity index (χ0v) is 11.6. The number of nitrogens with one attached hydrogen (secondary N) is 1. The number of likely N-dealkylation sites (N-methyl/N-ethyl adjacent to an activating group) is 1. The second-order valence-corrected chi connectivity index (χ2v) is 4.34. The highest BCUT2D eigenvalue weighted by molar-refractivity contribution is 5.77. The van der Waals surface area contributed by atoms with Crippen LogP contribution >= 0.6 is 0 Å². The molecule has 1 atom stereocenters. The average Bonchev–Trinajstić information content (AvgIpc) is 2.35. The SMILES string of the molecule is C=CC(C)(O)CNCC(=O)N(C)CC(OC)OC. The molecule has 0 aliphatic carbocycles. The van der Waals surface area contributed by atoms with Gasteiger partial charge in [-0.1, -0.05) is 6.08 Å². The molecule has 1 amide bonds. The molecule has 0 bridgehead atoms. The Morgan fingerprint density at radius 2 is 2.11 bits per heavy atom. The van der Waals surface area contributed by atoms with Crippen LogP contribution in [0.3, 0.4) is 0 Å². The minimum atomic E-state index is -1.01. The van der Waals surface area contributed by atoms with Gasteiger partial charge in [-0.3, -0.25) is 4.79 Å². The fourth-order valence-corrected chi connectivity index (χ4v) is 1.20. The van der Waals surface area contributed by atoms with E-state index in [9.17, 15) is 9.90 Å². The maximum Gasteiger partial charge on any atom is 0.236 e. The summed E-state index contributed by atoms with van der Waals surface area (Å²) >= 11 is 0. The molecule has 0 fully saturated rings. The molecule has 0 aliphatic heterocycles. The van der Waals surface area contributed by atoms with Gasteiger partial charge in [0.25, 0.3) is 0 Å². The van der Waals surface area contributed by atoms with Crippen LogP contribution in [0.2, 0.25) is 0 Å². The predicted octanol–water partition coefficient (Wildman–Crippen LogP) is -0.410. The number of aliphatic hydroxyl groups is 1. The monoisotopic (exact) mass is 260 g/mol. The molecule has 0 aromatic carbocycles. The maximum atomic E-state index is 11.7. The molecular weight excluding hydrogens is 236 g/mol. The Bertz CT molecular complexity index is 265. The average molecular weight is 260 g/mol. The lowest BCUT2D eigenvalue weighted by Gasteiger charge is -2.23. The third kappa shape index (κ3) is 6.70. The number of carbonyl (C=O) groups is 1. The van der Waals surface area contributed by atoms with E-state index in [1.54, 1.807) is 14.0 Å². The van der Waals surface area contributed by atoms with Gasteiger partial charge in [0, 0.05) is 27.8 Å². The highest BCUT2D eigenvalue weighted by atomic mass is 16.7. The summed E-state index contributed by atoms with van der Waals surface area (Å²) in [7, 11) is 4.71. The molecule has 0 heterocycles. The zero-order valence-electron chi connectivity index (χ0n) is 11.6. The highest BCUT2D eigenvalue weighted by Crippen LogP contribution is 2.01. The number of rotatable bonds is 9. The number of ether oxygens (including phenoxy) is 2. The summed E-state index contributed by atoms with van der Waals surface area (Å²) in [5, 5.41) is 12.5. The number of nitrogens with zero attached hydrogens (tertiary/aromatic N) is 1. The van der Waals surface area contributed by atoms with E-state index in [0.717, 1.165) is 0 Å². The van der Waals surface area contributed by atoms with Crippen LogP contribution in [0.5, 0.6) is 0 Å². The lowest BCUT2D eigenvalue weighted by atomic mass is 10.1. The standard InChI is InChI=1S/C12H24N2O4/c1-6-12(2,16)9-13-7-10(15)14(3)8-11(17-4)18-5/h6,11,13,16H,1,7-9H2,2-5H3. The van der Waals surface area contributed by atoms with E-state index in [-0.39, 0.29) is 19.0 Å². The van der Waals surface area contributed by atoms with E-state index in [1.165, 1.54) is 25.2 Å². The minimum absolute atomic E-state index is 0.103. The van der Waals surface area contributed by atoms with E-state index in [0.29, 0.717) is 6.54 Å². The van der Waals surface area contributed by atoms with Crippen LogP contribution in [0.15, 0.2) is 12.7 Å². The summed E-state index contributed by atoms with van der Waals surface area (Å²) in [5.41, 5.74) is -1.01. The van der Waals surface area contributed by atoms with Crippen molar-refractivity contribution in [2.75, 3.05) is 40.9 Å². The Morgan fingerprint density at radius 3 is 2.56 bits per heavy atom. The van der Waals surface area contributed by atoms with Crippen molar-refractivity contribution in [3.8, 4) is 0 Å². The van der Waals surface area contributed by atoms with Gasteiger partial charge in [-0.05, 0) is 6.92 Å². The first-order chi connectivity index (χ1) is 8.36. The predicted molar refractivity (Wildman–Crippen MR) is 69.1 cm³/mol. The molecule has 0 saturated carbocycles. The van der Waals surface area contributed by atoms with Gasteiger partial charge in [0.15, 0.2) is 6.29 Å². The van der Waals surface area contributed by atoms with Gasteiger partial charge >= 0.3 is 0 Å². The normalized spacial score (nSPS) is 14.3. The van der Waals surface area contributed by atoms with Crippen LogP contribution in [0, 0.1) is 0 Å². The number of carbonyl (C=O) groups excluding carboxylic acids is 1. The lowest BCUT2D eigenvalue weighted by molar-refractivity contribution is -0.142. The van der Waals surface area contributed by atoms with Crippen molar-refractivity contribution >= 4 is 5.91 Å². The van der Waals surface area contributed by atoms with Crippen LogP contribution in [0.25, 0.3) is 0 Å². The molecule has 2 N–H and O–H groups in total. The van der Waals surface area contributed by atoms with Crippen LogP contribution in [-0.4, -0.2) is 68.7 Å². The summed E-state index contributed by atoms with van der Waals surface area (Å²) in [6, 6.07) is 0. The highest BCUT2D eigenvalue weighted by Gasteiger charge is 2.17. The molecular formula is C12H24N2O4. The molecule has 6 nitrogen and oxygen atoms in total. The lowest BCUT2D eigenvalue weighted by Crippen LogP contribution is -2.44. The number of hydrogen-bond acceptors (Lipinski definition) is 5. The smallest absolute Gasteiger partial charge is 0.236 e. The van der Waals surface area contributed by atoms with Crippen molar-refractivity contribution in [3.05, 3.63) is 12.7 Å². The molecule has 0 rings (SSSR count). The molecule has 0 aromatic rings. The first-order valence-electron chi connectivity index (χ1n) is 5.72. The maximum absolute atomic E-state index is 11.7. The van der Waals surface area contributed by atoms with Crippen molar-refractivity contribution < 1.29 is 19.4 Å². The van der Waals surface area contributed by atoms with Crippen molar-refractivity contribution in [1.29, 1.82) is 0 Å². The summed E-state index contributed by atoms with van der Waals surface area (Å²) in [6.45, 7) is 5.89. The molecule has 106 valence electrons. The fraction of sp³-hybridized carbons (Fsp3) is 0.750. The van der Waals surface area contributed by atoms with E-state index in [2.05, 4.69) is 11.9 Å². The Kier molecular flexibility index (Phi) is 7.77. The topological polar surface area (TPSA) is 71.0 Å². The van der Waals surface area contributed by atoms with Gasteiger partial charge in [-0.2, -0.15) is 0 Å².